The maximum Gasteiger partial charge on any atom is 0.244 e. The SMILES string of the molecule is CN(C(=O)C(N)c1cnn(C)c1)C1CCOC1. The molecule has 2 atom stereocenters. The van der Waals surface area contributed by atoms with Gasteiger partial charge in [0.05, 0.1) is 18.8 Å². The van der Waals surface area contributed by atoms with E-state index < -0.39 is 6.04 Å². The first-order chi connectivity index (χ1) is 8.09. The maximum atomic E-state index is 12.1. The van der Waals surface area contributed by atoms with Gasteiger partial charge in [0.15, 0.2) is 0 Å². The highest BCUT2D eigenvalue weighted by Crippen LogP contribution is 2.16. The molecule has 2 rings (SSSR count). The van der Waals surface area contributed by atoms with Crippen LogP contribution in [0.4, 0.5) is 0 Å². The van der Waals surface area contributed by atoms with E-state index in [0.717, 1.165) is 12.0 Å². The zero-order chi connectivity index (χ0) is 12.4. The lowest BCUT2D eigenvalue weighted by Crippen LogP contribution is -2.42. The summed E-state index contributed by atoms with van der Waals surface area (Å²) in [4.78, 5) is 13.8. The summed E-state index contributed by atoms with van der Waals surface area (Å²) < 4.78 is 6.91. The highest BCUT2D eigenvalue weighted by Gasteiger charge is 2.28. The van der Waals surface area contributed by atoms with Gasteiger partial charge in [0.25, 0.3) is 0 Å². The number of likely N-dealkylation sites (N-methyl/N-ethyl adjacent to an activating group) is 1. The summed E-state index contributed by atoms with van der Waals surface area (Å²) in [5.74, 6) is -0.0894. The number of rotatable bonds is 3. The van der Waals surface area contributed by atoms with Crippen LogP contribution in [0.5, 0.6) is 0 Å². The van der Waals surface area contributed by atoms with Crippen LogP contribution in [0.2, 0.25) is 0 Å². The number of hydrogen-bond donors (Lipinski definition) is 1. The molecular weight excluding hydrogens is 220 g/mol. The van der Waals surface area contributed by atoms with Crippen molar-refractivity contribution >= 4 is 5.91 Å². The Morgan fingerprint density at radius 2 is 2.53 bits per heavy atom. The van der Waals surface area contributed by atoms with Gasteiger partial charge in [0, 0.05) is 32.5 Å². The standard InChI is InChI=1S/C11H18N4O2/c1-14-6-8(5-13-14)10(12)11(16)15(2)9-3-4-17-7-9/h5-6,9-10H,3-4,7,12H2,1-2H3. The van der Waals surface area contributed by atoms with Crippen LogP contribution in [0.25, 0.3) is 0 Å². The molecule has 1 amide bonds. The van der Waals surface area contributed by atoms with Crippen LogP contribution in [0.1, 0.15) is 18.0 Å². The Balaban J connectivity index is 2.03. The number of amides is 1. The molecule has 0 radical (unpaired) electrons. The molecule has 0 aromatic carbocycles. The van der Waals surface area contributed by atoms with Gasteiger partial charge < -0.3 is 15.4 Å². The minimum atomic E-state index is -0.644. The van der Waals surface area contributed by atoms with Crippen LogP contribution in [-0.4, -0.2) is 46.9 Å². The summed E-state index contributed by atoms with van der Waals surface area (Å²) in [7, 11) is 3.58. The first-order valence-electron chi connectivity index (χ1n) is 5.68. The Labute approximate surface area is 100 Å². The minimum Gasteiger partial charge on any atom is -0.379 e. The Morgan fingerprint density at radius 3 is 3.06 bits per heavy atom. The number of carbonyl (C=O) groups excluding carboxylic acids is 1. The first-order valence-corrected chi connectivity index (χ1v) is 5.68. The van der Waals surface area contributed by atoms with E-state index in [9.17, 15) is 4.79 Å². The average molecular weight is 238 g/mol. The second-order valence-electron chi connectivity index (χ2n) is 4.39. The van der Waals surface area contributed by atoms with Gasteiger partial charge in [-0.15, -0.1) is 0 Å². The van der Waals surface area contributed by atoms with E-state index in [2.05, 4.69) is 5.10 Å². The van der Waals surface area contributed by atoms with Crippen LogP contribution < -0.4 is 5.73 Å². The number of ether oxygens (including phenoxy) is 1. The normalized spacial score (nSPS) is 21.5. The van der Waals surface area contributed by atoms with Gasteiger partial charge in [-0.3, -0.25) is 9.48 Å². The average Bonchev–Trinajstić information content (AvgIpc) is 2.96. The van der Waals surface area contributed by atoms with Crippen LogP contribution in [0, 0.1) is 0 Å². The molecule has 1 saturated heterocycles. The van der Waals surface area contributed by atoms with Crippen molar-refractivity contribution in [2.24, 2.45) is 12.8 Å². The first kappa shape index (κ1) is 12.1. The summed E-state index contributed by atoms with van der Waals surface area (Å²) >= 11 is 0. The molecule has 1 aromatic rings. The third-order valence-corrected chi connectivity index (χ3v) is 3.15. The smallest absolute Gasteiger partial charge is 0.244 e. The van der Waals surface area contributed by atoms with Crippen LogP contribution in [-0.2, 0) is 16.6 Å². The predicted molar refractivity (Wildman–Crippen MR) is 62.1 cm³/mol. The molecule has 94 valence electrons. The van der Waals surface area contributed by atoms with Crippen LogP contribution in [0.3, 0.4) is 0 Å². The molecule has 2 N–H and O–H groups in total. The van der Waals surface area contributed by atoms with Crippen molar-refractivity contribution in [1.82, 2.24) is 14.7 Å². The lowest BCUT2D eigenvalue weighted by Gasteiger charge is -2.25. The molecule has 1 aliphatic rings. The molecule has 6 heteroatoms. The summed E-state index contributed by atoms with van der Waals surface area (Å²) in [5.41, 5.74) is 6.67. The molecule has 0 aliphatic carbocycles. The van der Waals surface area contributed by atoms with E-state index in [0.29, 0.717) is 13.2 Å². The third kappa shape index (κ3) is 2.48. The Hall–Kier alpha value is -1.40. The summed E-state index contributed by atoms with van der Waals surface area (Å²) in [5, 5.41) is 4.02. The molecule has 6 nitrogen and oxygen atoms in total. The Kier molecular flexibility index (Phi) is 3.44. The van der Waals surface area contributed by atoms with Crippen LogP contribution in [0.15, 0.2) is 12.4 Å². The van der Waals surface area contributed by atoms with Crippen LogP contribution >= 0.6 is 0 Å². The maximum absolute atomic E-state index is 12.1. The summed E-state index contributed by atoms with van der Waals surface area (Å²) in [6.07, 6.45) is 4.27. The van der Waals surface area contributed by atoms with E-state index in [1.165, 1.54) is 0 Å². The molecule has 0 saturated carbocycles. The van der Waals surface area contributed by atoms with Crippen molar-refractivity contribution in [1.29, 1.82) is 0 Å². The fraction of sp³-hybridized carbons (Fsp3) is 0.636. The zero-order valence-corrected chi connectivity index (χ0v) is 10.2. The van der Waals surface area contributed by atoms with Crippen molar-refractivity contribution < 1.29 is 9.53 Å². The fourth-order valence-electron chi connectivity index (χ4n) is 1.97. The molecule has 2 heterocycles. The molecule has 1 fully saturated rings. The highest BCUT2D eigenvalue weighted by atomic mass is 16.5. The number of nitrogens with zero attached hydrogens (tertiary/aromatic N) is 3. The van der Waals surface area contributed by atoms with Crippen molar-refractivity contribution in [2.75, 3.05) is 20.3 Å². The van der Waals surface area contributed by atoms with Gasteiger partial charge in [0.1, 0.15) is 6.04 Å². The molecule has 2 unspecified atom stereocenters. The van der Waals surface area contributed by atoms with E-state index >= 15 is 0 Å². The summed E-state index contributed by atoms with van der Waals surface area (Å²) in [6.45, 7) is 1.31. The quantitative estimate of drug-likeness (QED) is 0.782. The largest absolute Gasteiger partial charge is 0.379 e. The second kappa shape index (κ2) is 4.85. The van der Waals surface area contributed by atoms with Gasteiger partial charge in [0.2, 0.25) is 5.91 Å². The Morgan fingerprint density at radius 1 is 1.76 bits per heavy atom. The van der Waals surface area contributed by atoms with Gasteiger partial charge in [-0.2, -0.15) is 5.10 Å². The number of carbonyl (C=O) groups is 1. The van der Waals surface area contributed by atoms with Gasteiger partial charge in [-0.05, 0) is 6.42 Å². The molecule has 17 heavy (non-hydrogen) atoms. The number of nitrogens with two attached hydrogens (primary N) is 1. The molecular formula is C11H18N4O2. The van der Waals surface area contributed by atoms with Crippen molar-refractivity contribution in [3.63, 3.8) is 0 Å². The third-order valence-electron chi connectivity index (χ3n) is 3.15. The van der Waals surface area contributed by atoms with E-state index in [1.807, 2.05) is 0 Å². The number of aryl methyl sites for hydroxylation is 1. The predicted octanol–water partition coefficient (Wildman–Crippen LogP) is -0.333. The molecule has 0 bridgehead atoms. The monoisotopic (exact) mass is 238 g/mol. The zero-order valence-electron chi connectivity index (χ0n) is 10.2. The second-order valence-corrected chi connectivity index (χ2v) is 4.39. The number of hydrogen-bond acceptors (Lipinski definition) is 4. The fourth-order valence-corrected chi connectivity index (χ4v) is 1.97. The van der Waals surface area contributed by atoms with Gasteiger partial charge in [-0.1, -0.05) is 0 Å². The Bertz CT molecular complexity index is 398. The van der Waals surface area contributed by atoms with E-state index in [4.69, 9.17) is 10.5 Å². The highest BCUT2D eigenvalue weighted by molar-refractivity contribution is 5.83. The lowest BCUT2D eigenvalue weighted by molar-refractivity contribution is -0.133. The topological polar surface area (TPSA) is 73.4 Å². The van der Waals surface area contributed by atoms with Crippen molar-refractivity contribution in [3.8, 4) is 0 Å². The summed E-state index contributed by atoms with van der Waals surface area (Å²) in [6, 6.07) is -0.500. The van der Waals surface area contributed by atoms with E-state index in [1.54, 1.807) is 36.1 Å². The molecule has 1 aliphatic heterocycles. The van der Waals surface area contributed by atoms with Gasteiger partial charge >= 0.3 is 0 Å². The molecule has 1 aromatic heterocycles. The van der Waals surface area contributed by atoms with Crippen molar-refractivity contribution in [3.05, 3.63) is 18.0 Å². The molecule has 0 spiro atoms. The van der Waals surface area contributed by atoms with Gasteiger partial charge in [-0.25, -0.2) is 0 Å². The lowest BCUT2D eigenvalue weighted by atomic mass is 10.1. The minimum absolute atomic E-state index is 0.0894. The number of aromatic nitrogens is 2. The van der Waals surface area contributed by atoms with Crippen molar-refractivity contribution in [2.45, 2.75) is 18.5 Å². The van der Waals surface area contributed by atoms with E-state index in [-0.39, 0.29) is 11.9 Å².